The first-order valence-electron chi connectivity index (χ1n) is 7.46. The number of benzene rings is 1. The highest BCUT2D eigenvalue weighted by Gasteiger charge is 2.23. The minimum absolute atomic E-state index is 0.102. The topological polar surface area (TPSA) is 96.4 Å². The highest BCUT2D eigenvalue weighted by Crippen LogP contribution is 2.26. The molecule has 0 bridgehead atoms. The molecule has 2 heterocycles. The molecule has 0 radical (unpaired) electrons. The zero-order valence-corrected chi connectivity index (χ0v) is 13.1. The molecule has 1 aliphatic heterocycles. The van der Waals surface area contributed by atoms with Gasteiger partial charge in [-0.25, -0.2) is 4.79 Å². The third-order valence-corrected chi connectivity index (χ3v) is 3.60. The molecule has 3 rings (SSSR count). The first kappa shape index (κ1) is 15.9. The van der Waals surface area contributed by atoms with E-state index in [1.165, 1.54) is 11.5 Å². The summed E-state index contributed by atoms with van der Waals surface area (Å²) < 4.78 is 12.0. The lowest BCUT2D eigenvalue weighted by molar-refractivity contribution is -0.145. The first-order valence-corrected chi connectivity index (χ1v) is 7.46. The molecule has 7 nitrogen and oxygen atoms in total. The van der Waals surface area contributed by atoms with Gasteiger partial charge in [0.05, 0.1) is 0 Å². The van der Waals surface area contributed by atoms with Gasteiger partial charge in [-0.2, -0.15) is 4.98 Å². The Morgan fingerprint density at radius 3 is 2.79 bits per heavy atom. The van der Waals surface area contributed by atoms with Crippen LogP contribution in [-0.4, -0.2) is 28.2 Å². The summed E-state index contributed by atoms with van der Waals surface area (Å²) in [7, 11) is 0. The highest BCUT2D eigenvalue weighted by atomic mass is 16.6. The second-order valence-corrected chi connectivity index (χ2v) is 5.35. The Morgan fingerprint density at radius 1 is 1.33 bits per heavy atom. The van der Waals surface area contributed by atoms with E-state index in [9.17, 15) is 9.59 Å². The standard InChI is InChI=1S/C17H17N3O4/c1-11(21)23-10-13-7-8-15(24-13)20-9-14(16(18)19-17(20)22)12-5-3-2-4-6-12/h2-9,13,15H,10H2,1H3,(H2,18,19,22)/t13-,15+/m0/s1. The predicted molar refractivity (Wildman–Crippen MR) is 88.0 cm³/mol. The van der Waals surface area contributed by atoms with Gasteiger partial charge in [0.2, 0.25) is 0 Å². The summed E-state index contributed by atoms with van der Waals surface area (Å²) in [6.45, 7) is 1.43. The maximum absolute atomic E-state index is 12.2. The third-order valence-electron chi connectivity index (χ3n) is 3.60. The molecular formula is C17H17N3O4. The second-order valence-electron chi connectivity index (χ2n) is 5.35. The van der Waals surface area contributed by atoms with Gasteiger partial charge in [0.25, 0.3) is 0 Å². The number of nitrogen functional groups attached to an aromatic ring is 1. The van der Waals surface area contributed by atoms with Crippen LogP contribution in [0.2, 0.25) is 0 Å². The second kappa shape index (κ2) is 6.67. The fraction of sp³-hybridized carbons (Fsp3) is 0.235. The molecule has 24 heavy (non-hydrogen) atoms. The number of hydrogen-bond acceptors (Lipinski definition) is 6. The molecule has 124 valence electrons. The van der Waals surface area contributed by atoms with Crippen molar-refractivity contribution in [3.63, 3.8) is 0 Å². The Labute approximate surface area is 138 Å². The lowest BCUT2D eigenvalue weighted by Gasteiger charge is -2.17. The molecule has 0 aliphatic carbocycles. The van der Waals surface area contributed by atoms with Crippen LogP contribution in [0.3, 0.4) is 0 Å². The number of anilines is 1. The SMILES string of the molecule is CC(=O)OC[C@@H]1C=C[C@H](n2cc(-c3ccccc3)c(N)nc2=O)O1. The summed E-state index contributed by atoms with van der Waals surface area (Å²) in [5, 5.41) is 0. The van der Waals surface area contributed by atoms with Crippen molar-refractivity contribution in [1.29, 1.82) is 0 Å². The largest absolute Gasteiger partial charge is 0.463 e. The number of aromatic nitrogens is 2. The molecule has 1 aromatic heterocycles. The van der Waals surface area contributed by atoms with Gasteiger partial charge in [-0.05, 0) is 11.6 Å². The minimum Gasteiger partial charge on any atom is -0.463 e. The van der Waals surface area contributed by atoms with Crippen molar-refractivity contribution in [3.05, 3.63) is 59.2 Å². The molecule has 0 unspecified atom stereocenters. The summed E-state index contributed by atoms with van der Waals surface area (Å²) in [6, 6.07) is 9.43. The summed E-state index contributed by atoms with van der Waals surface area (Å²) in [5.41, 5.74) is 6.89. The summed E-state index contributed by atoms with van der Waals surface area (Å²) >= 11 is 0. The van der Waals surface area contributed by atoms with Crippen molar-refractivity contribution in [2.24, 2.45) is 0 Å². The lowest BCUT2D eigenvalue weighted by atomic mass is 10.1. The third kappa shape index (κ3) is 3.36. The summed E-state index contributed by atoms with van der Waals surface area (Å²) in [4.78, 5) is 26.9. The van der Waals surface area contributed by atoms with Crippen LogP contribution in [0.4, 0.5) is 5.82 Å². The fourth-order valence-electron chi connectivity index (χ4n) is 2.45. The zero-order chi connectivity index (χ0) is 17.1. The van der Waals surface area contributed by atoms with E-state index >= 15 is 0 Å². The molecule has 0 spiro atoms. The average Bonchev–Trinajstić information content (AvgIpc) is 3.02. The minimum atomic E-state index is -0.617. The van der Waals surface area contributed by atoms with E-state index < -0.39 is 18.0 Å². The van der Waals surface area contributed by atoms with Crippen molar-refractivity contribution in [2.45, 2.75) is 19.3 Å². The van der Waals surface area contributed by atoms with Crippen molar-refractivity contribution in [1.82, 2.24) is 9.55 Å². The summed E-state index contributed by atoms with van der Waals surface area (Å²) in [5.74, 6) is -0.214. The monoisotopic (exact) mass is 327 g/mol. The van der Waals surface area contributed by atoms with Crippen LogP contribution in [0.25, 0.3) is 11.1 Å². The molecule has 2 N–H and O–H groups in total. The molecule has 0 amide bonds. The molecule has 0 saturated heterocycles. The normalized spacial score (nSPS) is 19.4. The van der Waals surface area contributed by atoms with Crippen molar-refractivity contribution >= 4 is 11.8 Å². The van der Waals surface area contributed by atoms with Crippen LogP contribution >= 0.6 is 0 Å². The van der Waals surface area contributed by atoms with Crippen LogP contribution in [0.1, 0.15) is 13.2 Å². The van der Waals surface area contributed by atoms with E-state index in [0.717, 1.165) is 5.56 Å². The van der Waals surface area contributed by atoms with Gasteiger partial charge in [0.15, 0.2) is 6.23 Å². The zero-order valence-electron chi connectivity index (χ0n) is 13.1. The number of carbonyl (C=O) groups is 1. The predicted octanol–water partition coefficient (Wildman–Crippen LogP) is 1.51. The van der Waals surface area contributed by atoms with Gasteiger partial charge >= 0.3 is 11.7 Å². The smallest absolute Gasteiger partial charge is 0.351 e. The van der Waals surface area contributed by atoms with Gasteiger partial charge in [0, 0.05) is 18.7 Å². The van der Waals surface area contributed by atoms with Gasteiger partial charge in [-0.1, -0.05) is 36.4 Å². The van der Waals surface area contributed by atoms with Gasteiger partial charge in [-0.3, -0.25) is 9.36 Å². The number of ether oxygens (including phenoxy) is 2. The van der Waals surface area contributed by atoms with Gasteiger partial charge in [-0.15, -0.1) is 0 Å². The quantitative estimate of drug-likeness (QED) is 0.675. The Bertz CT molecular complexity index is 829. The highest BCUT2D eigenvalue weighted by molar-refractivity contribution is 5.72. The lowest BCUT2D eigenvalue weighted by Crippen LogP contribution is -2.29. The molecule has 7 heteroatoms. The molecule has 1 aliphatic rings. The number of esters is 1. The molecule has 0 saturated carbocycles. The van der Waals surface area contributed by atoms with Gasteiger partial charge < -0.3 is 15.2 Å². The summed E-state index contributed by atoms with van der Waals surface area (Å²) in [6.07, 6.45) is 4.08. The number of carbonyl (C=O) groups excluding carboxylic acids is 1. The Balaban J connectivity index is 1.86. The van der Waals surface area contributed by atoms with Crippen molar-refractivity contribution < 1.29 is 14.3 Å². The number of hydrogen-bond donors (Lipinski definition) is 1. The van der Waals surface area contributed by atoms with E-state index in [0.29, 0.717) is 5.56 Å². The van der Waals surface area contributed by atoms with E-state index in [-0.39, 0.29) is 18.4 Å². The maximum Gasteiger partial charge on any atom is 0.351 e. The molecule has 2 aromatic rings. The Hall–Kier alpha value is -2.93. The van der Waals surface area contributed by atoms with Crippen LogP contribution in [0.5, 0.6) is 0 Å². The van der Waals surface area contributed by atoms with E-state index in [4.69, 9.17) is 15.2 Å². The van der Waals surface area contributed by atoms with Crippen LogP contribution in [0, 0.1) is 0 Å². The molecular weight excluding hydrogens is 310 g/mol. The molecule has 1 aromatic carbocycles. The number of rotatable bonds is 4. The van der Waals surface area contributed by atoms with Crippen LogP contribution in [0.15, 0.2) is 53.5 Å². The fourth-order valence-corrected chi connectivity index (χ4v) is 2.45. The molecule has 2 atom stereocenters. The average molecular weight is 327 g/mol. The van der Waals surface area contributed by atoms with Crippen molar-refractivity contribution in [3.8, 4) is 11.1 Å². The Morgan fingerprint density at radius 2 is 2.08 bits per heavy atom. The number of nitrogens with zero attached hydrogens (tertiary/aromatic N) is 2. The maximum atomic E-state index is 12.2. The van der Waals surface area contributed by atoms with Gasteiger partial charge in [0.1, 0.15) is 18.5 Å². The van der Waals surface area contributed by atoms with E-state index in [1.807, 2.05) is 30.3 Å². The van der Waals surface area contributed by atoms with Crippen molar-refractivity contribution in [2.75, 3.05) is 12.3 Å². The number of nitrogens with two attached hydrogens (primary N) is 1. The first-order chi connectivity index (χ1) is 11.5. The Kier molecular flexibility index (Phi) is 4.43. The molecule has 0 fully saturated rings. The van der Waals surface area contributed by atoms with E-state index in [1.54, 1.807) is 18.3 Å². The van der Waals surface area contributed by atoms with Crippen LogP contribution < -0.4 is 11.4 Å². The van der Waals surface area contributed by atoms with Crippen LogP contribution in [-0.2, 0) is 14.3 Å². The van der Waals surface area contributed by atoms with E-state index in [2.05, 4.69) is 4.98 Å².